The first-order chi connectivity index (χ1) is 29.8. The standard InChI is InChI=1S/C49H82FNO12Si/c1-15-34-23-28(2)42(50)29(3)24-40(59-11)44-41(60-12)25-31(5)49(57,62-44)45(54)46(55)51-21-17-16-18-35(51)47(56)61-43(30(4)22-33-19-20-36(52)39(26-33)58-10)32(6)38(27-37(34)53)63-64(13,14)48(7,8)9/h22-23,29,31-36,38-44,52,57H,15-21,24-27H2,1-14H3. The van der Waals surface area contributed by atoms with Crippen molar-refractivity contribution in [2.24, 2.45) is 29.6 Å². The Labute approximate surface area is 383 Å². The average molecular weight is 924 g/mol. The molecular formula is C49H82FNO12Si. The minimum absolute atomic E-state index is 0.0118. The number of hydrogen-bond donors (Lipinski definition) is 2. The Morgan fingerprint density at radius 1 is 0.953 bits per heavy atom. The smallest absolute Gasteiger partial charge is 0.329 e. The van der Waals surface area contributed by atoms with Gasteiger partial charge in [-0.1, -0.05) is 60.6 Å². The summed E-state index contributed by atoms with van der Waals surface area (Å²) in [4.78, 5) is 59.5. The van der Waals surface area contributed by atoms with Gasteiger partial charge in [0.05, 0.1) is 30.5 Å². The molecule has 1 saturated carbocycles. The highest BCUT2D eigenvalue weighted by Gasteiger charge is 2.57. The Morgan fingerprint density at radius 2 is 1.58 bits per heavy atom. The van der Waals surface area contributed by atoms with Gasteiger partial charge in [0, 0.05) is 52.0 Å². The van der Waals surface area contributed by atoms with E-state index in [0.717, 1.165) is 5.57 Å². The number of halogens is 1. The molecule has 1 aliphatic carbocycles. The first-order valence-electron chi connectivity index (χ1n) is 23.8. The van der Waals surface area contributed by atoms with Crippen LogP contribution in [0.1, 0.15) is 127 Å². The summed E-state index contributed by atoms with van der Waals surface area (Å²) in [5, 5.41) is 22.5. The number of amides is 1. The van der Waals surface area contributed by atoms with Crippen LogP contribution in [0.2, 0.25) is 18.1 Å². The third-order valence-electron chi connectivity index (χ3n) is 15.3. The zero-order valence-electron chi connectivity index (χ0n) is 41.3. The maximum Gasteiger partial charge on any atom is 0.329 e. The summed E-state index contributed by atoms with van der Waals surface area (Å²) in [7, 11) is 1.90. The minimum atomic E-state index is -2.60. The third kappa shape index (κ3) is 12.4. The number of hydrogen-bond acceptors (Lipinski definition) is 12. The van der Waals surface area contributed by atoms with E-state index in [0.29, 0.717) is 44.1 Å². The van der Waals surface area contributed by atoms with Crippen LogP contribution in [-0.2, 0) is 47.3 Å². The van der Waals surface area contributed by atoms with Crippen LogP contribution in [0, 0.1) is 29.6 Å². The zero-order valence-corrected chi connectivity index (χ0v) is 42.3. The second kappa shape index (κ2) is 22.6. The van der Waals surface area contributed by atoms with Gasteiger partial charge in [-0.05, 0) is 113 Å². The summed E-state index contributed by atoms with van der Waals surface area (Å²) in [5.74, 6) is -8.48. The predicted molar refractivity (Wildman–Crippen MR) is 244 cm³/mol. The summed E-state index contributed by atoms with van der Waals surface area (Å²) in [6.07, 6.45) is 0.827. The number of Topliss-reactive ketones (excluding diaryl/α,β-unsaturated/α-hetero) is 2. The molecule has 0 radical (unpaired) electrons. The number of aliphatic hydroxyl groups excluding tert-OH is 1. The molecule has 64 heavy (non-hydrogen) atoms. The van der Waals surface area contributed by atoms with Gasteiger partial charge in [0.1, 0.15) is 30.2 Å². The van der Waals surface area contributed by atoms with Crippen LogP contribution in [0.15, 0.2) is 23.3 Å². The van der Waals surface area contributed by atoms with Crippen LogP contribution in [0.25, 0.3) is 0 Å². The van der Waals surface area contributed by atoms with E-state index in [1.807, 2.05) is 20.8 Å². The van der Waals surface area contributed by atoms with Gasteiger partial charge >= 0.3 is 5.97 Å². The highest BCUT2D eigenvalue weighted by molar-refractivity contribution is 6.74. The molecule has 15 atom stereocenters. The first kappa shape index (κ1) is 54.2. The lowest BCUT2D eigenvalue weighted by molar-refractivity contribution is -0.302. The predicted octanol–water partition coefficient (Wildman–Crippen LogP) is 7.45. The monoisotopic (exact) mass is 924 g/mol. The van der Waals surface area contributed by atoms with Gasteiger partial charge in [-0.3, -0.25) is 14.4 Å². The van der Waals surface area contributed by atoms with Crippen LogP contribution in [-0.4, -0.2) is 135 Å². The fourth-order valence-electron chi connectivity index (χ4n) is 9.98. The molecule has 3 fully saturated rings. The number of carbonyl (C=O) groups excluding carboxylic acids is 4. The number of esters is 1. The molecule has 2 N–H and O–H groups in total. The van der Waals surface area contributed by atoms with Crippen molar-refractivity contribution in [2.45, 2.75) is 205 Å². The number of piperidine rings is 1. The Kier molecular flexibility index (Phi) is 19.2. The van der Waals surface area contributed by atoms with Crippen molar-refractivity contribution in [1.29, 1.82) is 0 Å². The quantitative estimate of drug-likeness (QED) is 0.107. The Balaban J connectivity index is 1.90. The number of methoxy groups -OCH3 is 3. The number of carbonyl (C=O) groups is 4. The van der Waals surface area contributed by atoms with Crippen molar-refractivity contribution in [2.75, 3.05) is 27.9 Å². The van der Waals surface area contributed by atoms with E-state index in [-0.39, 0.29) is 55.1 Å². The van der Waals surface area contributed by atoms with E-state index in [1.165, 1.54) is 19.1 Å². The maximum atomic E-state index is 16.6. The zero-order chi connectivity index (χ0) is 48.1. The Bertz CT molecular complexity index is 1680. The largest absolute Gasteiger partial charge is 0.456 e. The number of rotatable bonds is 8. The number of allylic oxidation sites excluding steroid dienone is 3. The van der Waals surface area contributed by atoms with Gasteiger partial charge in [0.15, 0.2) is 8.32 Å². The highest BCUT2D eigenvalue weighted by atomic mass is 28.4. The van der Waals surface area contributed by atoms with Crippen LogP contribution in [0.5, 0.6) is 0 Å². The lowest BCUT2D eigenvalue weighted by atomic mass is 9.81. The maximum absolute atomic E-state index is 16.6. The molecule has 13 nitrogen and oxygen atoms in total. The van der Waals surface area contributed by atoms with Crippen molar-refractivity contribution >= 4 is 31.8 Å². The van der Waals surface area contributed by atoms with Gasteiger partial charge < -0.3 is 43.2 Å². The lowest BCUT2D eigenvalue weighted by Crippen LogP contribution is -2.64. The van der Waals surface area contributed by atoms with E-state index in [1.54, 1.807) is 34.0 Å². The number of alkyl halides is 1. The van der Waals surface area contributed by atoms with Gasteiger partial charge in [0.2, 0.25) is 5.79 Å². The summed E-state index contributed by atoms with van der Waals surface area (Å²) >= 11 is 0. The summed E-state index contributed by atoms with van der Waals surface area (Å²) in [6.45, 7) is 21.4. The van der Waals surface area contributed by atoms with E-state index < -0.39 is 104 Å². The number of ether oxygens (including phenoxy) is 5. The fourth-order valence-corrected chi connectivity index (χ4v) is 11.4. The van der Waals surface area contributed by atoms with E-state index >= 15 is 4.39 Å². The third-order valence-corrected chi connectivity index (χ3v) is 19.8. The molecule has 3 aliphatic heterocycles. The van der Waals surface area contributed by atoms with Gasteiger partial charge in [-0.2, -0.15) is 0 Å². The van der Waals surface area contributed by atoms with E-state index in [9.17, 15) is 29.4 Å². The molecule has 366 valence electrons. The summed E-state index contributed by atoms with van der Waals surface area (Å²) in [5.41, 5.74) is 1.11. The summed E-state index contributed by atoms with van der Waals surface area (Å²) < 4.78 is 53.8. The van der Waals surface area contributed by atoms with Crippen LogP contribution >= 0.6 is 0 Å². The highest BCUT2D eigenvalue weighted by Crippen LogP contribution is 2.42. The van der Waals surface area contributed by atoms with Crippen molar-refractivity contribution < 1.29 is 61.9 Å². The van der Waals surface area contributed by atoms with Crippen molar-refractivity contribution in [3.63, 3.8) is 0 Å². The second-order valence-corrected chi connectivity index (χ2v) is 25.7. The SMILES string of the molecule is CCC1C=C(C)C(F)C(C)CC(OC)C2OC(O)(C(=O)C(=O)N3CCCCC3C(=O)OC(C(C)=CC3CCC(O)C(OC)C3)C(C)C(O[Si](C)(C)C(C)(C)C)CC1=O)C(C)CC2OC. The molecule has 15 heteroatoms. The molecule has 2 saturated heterocycles. The minimum Gasteiger partial charge on any atom is -0.456 e. The summed E-state index contributed by atoms with van der Waals surface area (Å²) in [6, 6.07) is -1.15. The average Bonchev–Trinajstić information content (AvgIpc) is 3.25. The van der Waals surface area contributed by atoms with Crippen LogP contribution in [0.3, 0.4) is 0 Å². The molecule has 3 heterocycles. The number of ketones is 2. The molecule has 4 aliphatic rings. The van der Waals surface area contributed by atoms with Crippen molar-refractivity contribution in [3.05, 3.63) is 23.3 Å². The van der Waals surface area contributed by atoms with Gasteiger partial charge in [-0.15, -0.1) is 0 Å². The first-order valence-corrected chi connectivity index (χ1v) is 26.7. The molecule has 4 rings (SSSR count). The fraction of sp³-hybridized carbons (Fsp3) is 0.837. The molecule has 0 spiro atoms. The number of fused-ring (bicyclic) bond motifs is 3. The van der Waals surface area contributed by atoms with Gasteiger partial charge in [-0.25, -0.2) is 9.18 Å². The van der Waals surface area contributed by atoms with Crippen LogP contribution in [0.4, 0.5) is 4.39 Å². The molecule has 2 bridgehead atoms. The van der Waals surface area contributed by atoms with Crippen LogP contribution < -0.4 is 0 Å². The van der Waals surface area contributed by atoms with Crippen molar-refractivity contribution in [3.8, 4) is 0 Å². The van der Waals surface area contributed by atoms with Gasteiger partial charge in [0.25, 0.3) is 11.7 Å². The molecule has 1 amide bonds. The molecule has 15 unspecified atom stereocenters. The number of nitrogens with zero attached hydrogens (tertiary/aromatic N) is 1. The molecular weight excluding hydrogens is 842 g/mol. The topological polar surface area (TPSA) is 167 Å². The van der Waals surface area contributed by atoms with E-state index in [4.69, 9.17) is 28.1 Å². The normalized spacial score (nSPS) is 38.8. The second-order valence-electron chi connectivity index (χ2n) is 21.0. The number of cyclic esters (lactones) is 1. The molecule has 0 aromatic heterocycles. The Hall–Kier alpha value is -2.37. The molecule has 0 aromatic rings. The van der Waals surface area contributed by atoms with E-state index in [2.05, 4.69) is 39.9 Å². The lowest BCUT2D eigenvalue weighted by Gasteiger charge is -2.47. The molecule has 0 aromatic carbocycles. The van der Waals surface area contributed by atoms with Crippen molar-refractivity contribution in [1.82, 2.24) is 4.90 Å². The Morgan fingerprint density at radius 3 is 2.17 bits per heavy atom. The number of aliphatic hydroxyl groups is 2.